The lowest BCUT2D eigenvalue weighted by Gasteiger charge is -2.08. The molecule has 1 amide bonds. The van der Waals surface area contributed by atoms with Crippen LogP contribution in [-0.2, 0) is 4.79 Å². The molecule has 0 fully saturated rings. The van der Waals surface area contributed by atoms with Gasteiger partial charge < -0.3 is 20.4 Å². The van der Waals surface area contributed by atoms with Crippen LogP contribution in [0.1, 0.15) is 13.3 Å². The van der Waals surface area contributed by atoms with Crippen LogP contribution in [0.2, 0.25) is 0 Å². The Kier molecular flexibility index (Phi) is 4.99. The Balaban J connectivity index is 2.55. The van der Waals surface area contributed by atoms with Gasteiger partial charge in [0.15, 0.2) is 5.82 Å². The van der Waals surface area contributed by atoms with Gasteiger partial charge in [0.25, 0.3) is 5.56 Å². The van der Waals surface area contributed by atoms with Crippen molar-refractivity contribution in [3.63, 3.8) is 0 Å². The lowest BCUT2D eigenvalue weighted by Crippen LogP contribution is -2.25. The first kappa shape index (κ1) is 13.0. The van der Waals surface area contributed by atoms with Crippen molar-refractivity contribution < 1.29 is 9.53 Å². The van der Waals surface area contributed by atoms with E-state index >= 15 is 0 Å². The normalized spacial score (nSPS) is 9.76. The summed E-state index contributed by atoms with van der Waals surface area (Å²) in [5.41, 5.74) is -0.358. The molecular weight excluding hydrogens is 224 g/mol. The van der Waals surface area contributed by atoms with Gasteiger partial charge in [-0.2, -0.15) is 0 Å². The topological polar surface area (TPSA) is 96.1 Å². The van der Waals surface area contributed by atoms with Crippen molar-refractivity contribution in [1.29, 1.82) is 0 Å². The minimum Gasteiger partial charge on any atom is -0.489 e. The fourth-order valence-electron chi connectivity index (χ4n) is 1.28. The van der Waals surface area contributed by atoms with Crippen LogP contribution in [0.5, 0.6) is 5.75 Å². The highest BCUT2D eigenvalue weighted by atomic mass is 16.5. The van der Waals surface area contributed by atoms with Crippen molar-refractivity contribution in [3.8, 4) is 5.75 Å². The summed E-state index contributed by atoms with van der Waals surface area (Å²) in [6.45, 7) is 2.84. The van der Waals surface area contributed by atoms with Gasteiger partial charge in [0.2, 0.25) is 11.7 Å². The average Bonchev–Trinajstić information content (AvgIpc) is 2.29. The standard InChI is InChI=1S/C10H16N4O3/c1-3-11-7(15)4-5-12-9-8(17-2)10(16)14-6-13-9/h6H,3-5H2,1-2H3,(H,11,15)(H2,12,13,14,16). The maximum absolute atomic E-state index is 11.3. The van der Waals surface area contributed by atoms with Gasteiger partial charge in [0.05, 0.1) is 13.4 Å². The summed E-state index contributed by atoms with van der Waals surface area (Å²) in [6.07, 6.45) is 1.59. The minimum absolute atomic E-state index is 0.0520. The average molecular weight is 240 g/mol. The summed E-state index contributed by atoms with van der Waals surface area (Å²) in [4.78, 5) is 28.8. The van der Waals surface area contributed by atoms with Crippen molar-refractivity contribution in [3.05, 3.63) is 16.7 Å². The number of anilines is 1. The highest BCUT2D eigenvalue weighted by Crippen LogP contribution is 2.13. The smallest absolute Gasteiger partial charge is 0.295 e. The maximum atomic E-state index is 11.3. The van der Waals surface area contributed by atoms with Crippen LogP contribution >= 0.6 is 0 Å². The Morgan fingerprint density at radius 2 is 2.35 bits per heavy atom. The Morgan fingerprint density at radius 1 is 1.59 bits per heavy atom. The third-order valence-corrected chi connectivity index (χ3v) is 2.03. The second kappa shape index (κ2) is 6.51. The molecule has 0 radical (unpaired) electrons. The quantitative estimate of drug-likeness (QED) is 0.635. The zero-order valence-electron chi connectivity index (χ0n) is 9.87. The lowest BCUT2D eigenvalue weighted by atomic mass is 10.4. The molecule has 1 aromatic heterocycles. The Hall–Kier alpha value is -2.05. The largest absolute Gasteiger partial charge is 0.489 e. The monoisotopic (exact) mass is 240 g/mol. The molecule has 0 saturated carbocycles. The van der Waals surface area contributed by atoms with Crippen molar-refractivity contribution in [2.45, 2.75) is 13.3 Å². The molecule has 3 N–H and O–H groups in total. The van der Waals surface area contributed by atoms with E-state index in [0.29, 0.717) is 25.3 Å². The molecule has 0 aliphatic heterocycles. The molecule has 94 valence electrons. The molecule has 7 heteroatoms. The van der Waals surface area contributed by atoms with E-state index in [2.05, 4.69) is 20.6 Å². The zero-order chi connectivity index (χ0) is 12.7. The fraction of sp³-hybridized carbons (Fsp3) is 0.500. The van der Waals surface area contributed by atoms with E-state index < -0.39 is 0 Å². The minimum atomic E-state index is -0.358. The van der Waals surface area contributed by atoms with Crippen LogP contribution in [0.25, 0.3) is 0 Å². The van der Waals surface area contributed by atoms with Crippen LogP contribution in [0.15, 0.2) is 11.1 Å². The Bertz CT molecular complexity index is 430. The molecule has 1 heterocycles. The predicted molar refractivity (Wildman–Crippen MR) is 63.2 cm³/mol. The van der Waals surface area contributed by atoms with Crippen LogP contribution < -0.4 is 20.9 Å². The fourth-order valence-corrected chi connectivity index (χ4v) is 1.28. The van der Waals surface area contributed by atoms with Gasteiger partial charge in [0.1, 0.15) is 0 Å². The van der Waals surface area contributed by atoms with Crippen molar-refractivity contribution in [2.75, 3.05) is 25.5 Å². The molecule has 1 aromatic rings. The number of nitrogens with one attached hydrogen (secondary N) is 3. The summed E-state index contributed by atoms with van der Waals surface area (Å²) in [5.74, 6) is 0.396. The highest BCUT2D eigenvalue weighted by molar-refractivity contribution is 5.76. The molecule has 0 spiro atoms. The van der Waals surface area contributed by atoms with E-state index in [-0.39, 0.29) is 17.2 Å². The van der Waals surface area contributed by atoms with Crippen molar-refractivity contribution in [2.24, 2.45) is 0 Å². The summed E-state index contributed by atoms with van der Waals surface area (Å²) >= 11 is 0. The summed E-state index contributed by atoms with van der Waals surface area (Å²) in [7, 11) is 1.39. The first-order valence-corrected chi connectivity index (χ1v) is 5.31. The molecule has 0 atom stereocenters. The molecule has 0 aliphatic rings. The number of rotatable bonds is 6. The summed E-state index contributed by atoms with van der Waals surface area (Å²) < 4.78 is 4.91. The van der Waals surface area contributed by atoms with E-state index in [1.807, 2.05) is 6.92 Å². The number of aromatic amines is 1. The molecule has 0 unspecified atom stereocenters. The van der Waals surface area contributed by atoms with Gasteiger partial charge in [-0.15, -0.1) is 0 Å². The summed E-state index contributed by atoms with van der Waals surface area (Å²) in [6, 6.07) is 0. The second-order valence-electron chi connectivity index (χ2n) is 3.24. The van der Waals surface area contributed by atoms with Gasteiger partial charge in [-0.05, 0) is 6.92 Å². The van der Waals surface area contributed by atoms with Gasteiger partial charge >= 0.3 is 0 Å². The number of carbonyl (C=O) groups excluding carboxylic acids is 1. The van der Waals surface area contributed by atoms with Crippen LogP contribution in [-0.4, -0.2) is 36.1 Å². The lowest BCUT2D eigenvalue weighted by molar-refractivity contribution is -0.120. The van der Waals surface area contributed by atoms with Crippen molar-refractivity contribution >= 4 is 11.7 Å². The third kappa shape index (κ3) is 3.78. The van der Waals surface area contributed by atoms with Crippen LogP contribution in [0, 0.1) is 0 Å². The van der Waals surface area contributed by atoms with E-state index in [1.165, 1.54) is 13.4 Å². The summed E-state index contributed by atoms with van der Waals surface area (Å²) in [5, 5.41) is 5.55. The van der Waals surface area contributed by atoms with E-state index in [1.54, 1.807) is 0 Å². The SMILES string of the molecule is CCNC(=O)CCNc1nc[nH]c(=O)c1OC. The van der Waals surface area contributed by atoms with Crippen LogP contribution in [0.4, 0.5) is 5.82 Å². The predicted octanol–water partition coefficient (Wildman–Crippen LogP) is -0.283. The molecule has 7 nitrogen and oxygen atoms in total. The number of nitrogens with zero attached hydrogens (tertiary/aromatic N) is 1. The number of carbonyl (C=O) groups is 1. The highest BCUT2D eigenvalue weighted by Gasteiger charge is 2.08. The number of methoxy groups -OCH3 is 1. The van der Waals surface area contributed by atoms with Gasteiger partial charge in [-0.3, -0.25) is 9.59 Å². The first-order valence-electron chi connectivity index (χ1n) is 5.31. The molecule has 17 heavy (non-hydrogen) atoms. The first-order chi connectivity index (χ1) is 8.19. The van der Waals surface area contributed by atoms with Crippen molar-refractivity contribution in [1.82, 2.24) is 15.3 Å². The number of aromatic nitrogens is 2. The second-order valence-corrected chi connectivity index (χ2v) is 3.24. The Labute approximate surface area is 98.6 Å². The van der Waals surface area contributed by atoms with E-state index in [9.17, 15) is 9.59 Å². The van der Waals surface area contributed by atoms with Gasteiger partial charge in [0, 0.05) is 19.5 Å². The Morgan fingerprint density at radius 3 is 3.00 bits per heavy atom. The molecule has 1 rings (SSSR count). The number of ether oxygens (including phenoxy) is 1. The van der Waals surface area contributed by atoms with Crippen LogP contribution in [0.3, 0.4) is 0 Å². The maximum Gasteiger partial charge on any atom is 0.295 e. The van der Waals surface area contributed by atoms with Gasteiger partial charge in [-0.25, -0.2) is 4.98 Å². The molecule has 0 bridgehead atoms. The van der Waals surface area contributed by atoms with Gasteiger partial charge in [-0.1, -0.05) is 0 Å². The number of hydrogen-bond acceptors (Lipinski definition) is 5. The number of hydrogen-bond donors (Lipinski definition) is 3. The molecular formula is C10H16N4O3. The number of amides is 1. The number of H-pyrrole nitrogens is 1. The molecule has 0 aliphatic carbocycles. The molecule has 0 aromatic carbocycles. The molecule has 0 saturated heterocycles. The third-order valence-electron chi connectivity index (χ3n) is 2.03. The van der Waals surface area contributed by atoms with E-state index in [4.69, 9.17) is 4.74 Å². The zero-order valence-corrected chi connectivity index (χ0v) is 9.87. The van der Waals surface area contributed by atoms with E-state index in [0.717, 1.165) is 0 Å².